The normalized spacial score (nSPS) is 19.2. The maximum absolute atomic E-state index is 11.4. The molecular formula is C31H32N2O7. The summed E-state index contributed by atoms with van der Waals surface area (Å²) in [6.45, 7) is 0.710. The summed E-state index contributed by atoms with van der Waals surface area (Å²) in [6, 6.07) is 12.1. The Morgan fingerprint density at radius 2 is 1.95 bits per heavy atom. The number of imidazole rings is 1. The molecule has 3 unspecified atom stereocenters. The number of aromatic nitrogens is 2. The second-order valence-electron chi connectivity index (χ2n) is 10.3. The number of rotatable bonds is 8. The first-order valence-electron chi connectivity index (χ1n) is 13.4. The second-order valence-corrected chi connectivity index (χ2v) is 10.3. The van der Waals surface area contributed by atoms with Gasteiger partial charge in [0.25, 0.3) is 0 Å². The molecule has 0 spiro atoms. The summed E-state index contributed by atoms with van der Waals surface area (Å²) in [5, 5.41) is 41.3. The van der Waals surface area contributed by atoms with Gasteiger partial charge in [-0.05, 0) is 65.3 Å². The van der Waals surface area contributed by atoms with Crippen molar-refractivity contribution in [1.82, 2.24) is 9.55 Å². The van der Waals surface area contributed by atoms with Crippen LogP contribution in [0.4, 0.5) is 0 Å². The number of fused-ring (bicyclic) bond motifs is 5. The molecule has 208 valence electrons. The predicted molar refractivity (Wildman–Crippen MR) is 147 cm³/mol. The van der Waals surface area contributed by atoms with Crippen LogP contribution in [0, 0.1) is 0 Å². The Morgan fingerprint density at radius 3 is 2.73 bits per heavy atom. The minimum atomic E-state index is -0.842. The lowest BCUT2D eigenvalue weighted by Crippen LogP contribution is -2.32. The predicted octanol–water partition coefficient (Wildman–Crippen LogP) is 4.11. The number of aryl methyl sites for hydroxylation is 1. The molecule has 40 heavy (non-hydrogen) atoms. The molecule has 0 bridgehead atoms. The Bertz CT molecular complexity index is 1520. The molecule has 2 aliphatic rings. The van der Waals surface area contributed by atoms with Crippen LogP contribution in [-0.2, 0) is 19.4 Å². The lowest BCUT2D eigenvalue weighted by molar-refractivity contribution is 0.0200. The van der Waals surface area contributed by atoms with Gasteiger partial charge in [0.05, 0.1) is 26.1 Å². The second kappa shape index (κ2) is 10.7. The highest BCUT2D eigenvalue weighted by molar-refractivity contribution is 5.83. The summed E-state index contributed by atoms with van der Waals surface area (Å²) in [4.78, 5) is 4.17. The number of methoxy groups -OCH3 is 1. The van der Waals surface area contributed by atoms with Gasteiger partial charge >= 0.3 is 0 Å². The number of nitrogens with zero attached hydrogens (tertiary/aromatic N) is 2. The van der Waals surface area contributed by atoms with Crippen molar-refractivity contribution in [2.45, 2.75) is 43.9 Å². The molecule has 2 heterocycles. The summed E-state index contributed by atoms with van der Waals surface area (Å²) in [5.41, 5.74) is 5.55. The van der Waals surface area contributed by atoms with Crippen molar-refractivity contribution < 1.29 is 34.6 Å². The Morgan fingerprint density at radius 1 is 1.07 bits per heavy atom. The number of ether oxygens (including phenoxy) is 3. The molecule has 1 aliphatic carbocycles. The molecule has 1 aliphatic heterocycles. The van der Waals surface area contributed by atoms with E-state index >= 15 is 0 Å². The quantitative estimate of drug-likeness (QED) is 0.261. The van der Waals surface area contributed by atoms with Crippen LogP contribution < -0.4 is 14.2 Å². The van der Waals surface area contributed by atoms with Crippen molar-refractivity contribution in [3.05, 3.63) is 83.4 Å². The Kier molecular flexibility index (Phi) is 7.00. The number of hydrogen-bond acceptors (Lipinski definition) is 8. The number of phenols is 2. The molecular weight excluding hydrogens is 512 g/mol. The fraction of sp³-hybridized carbons (Fsp3) is 0.323. The molecule has 0 amide bonds. The van der Waals surface area contributed by atoms with E-state index in [1.54, 1.807) is 36.8 Å². The molecule has 9 nitrogen and oxygen atoms in total. The Balaban J connectivity index is 1.48. The number of aliphatic hydroxyl groups excluding tert-OH is 2. The van der Waals surface area contributed by atoms with E-state index in [9.17, 15) is 20.4 Å². The topological polar surface area (TPSA) is 126 Å². The molecule has 0 saturated heterocycles. The zero-order valence-electron chi connectivity index (χ0n) is 22.2. The van der Waals surface area contributed by atoms with E-state index < -0.39 is 12.2 Å². The third-order valence-electron chi connectivity index (χ3n) is 7.83. The van der Waals surface area contributed by atoms with Crippen LogP contribution in [0.2, 0.25) is 0 Å². The molecule has 0 fully saturated rings. The first-order chi connectivity index (χ1) is 19.5. The highest BCUT2D eigenvalue weighted by atomic mass is 16.5. The minimum Gasteiger partial charge on any atom is -0.508 e. The van der Waals surface area contributed by atoms with E-state index in [4.69, 9.17) is 14.2 Å². The lowest BCUT2D eigenvalue weighted by Gasteiger charge is -2.37. The van der Waals surface area contributed by atoms with E-state index in [1.807, 2.05) is 22.9 Å². The van der Waals surface area contributed by atoms with Gasteiger partial charge in [-0.25, -0.2) is 4.98 Å². The third-order valence-corrected chi connectivity index (χ3v) is 7.83. The fourth-order valence-electron chi connectivity index (χ4n) is 6.03. The van der Waals surface area contributed by atoms with Crippen LogP contribution in [0.1, 0.15) is 40.7 Å². The number of aliphatic hydroxyl groups is 2. The van der Waals surface area contributed by atoms with Gasteiger partial charge in [-0.2, -0.15) is 0 Å². The van der Waals surface area contributed by atoms with E-state index in [1.165, 1.54) is 13.2 Å². The molecule has 0 radical (unpaired) electrons. The summed E-state index contributed by atoms with van der Waals surface area (Å²) < 4.78 is 19.9. The molecule has 9 heteroatoms. The number of benzene rings is 3. The van der Waals surface area contributed by atoms with Crippen molar-refractivity contribution in [1.29, 1.82) is 0 Å². The van der Waals surface area contributed by atoms with E-state index in [0.717, 1.165) is 40.8 Å². The average Bonchev–Trinajstić information content (AvgIpc) is 3.48. The van der Waals surface area contributed by atoms with Crippen molar-refractivity contribution in [2.75, 3.05) is 20.3 Å². The number of phenolic OH excluding ortho intramolecular Hbond substituents is 2. The maximum atomic E-state index is 11.4. The van der Waals surface area contributed by atoms with Gasteiger partial charge in [0.1, 0.15) is 30.0 Å². The van der Waals surface area contributed by atoms with Crippen LogP contribution in [0.25, 0.3) is 11.1 Å². The largest absolute Gasteiger partial charge is 0.508 e. The summed E-state index contributed by atoms with van der Waals surface area (Å²) in [7, 11) is 1.48. The SMILES string of the molecule is COc1cc(C2Oc3cc(OCCO)c4c(c3CC2O)C(CCn2ccnc2)Cc2cc(O)ccc2-4)ccc1O. The van der Waals surface area contributed by atoms with Crippen LogP contribution in [0.3, 0.4) is 0 Å². The van der Waals surface area contributed by atoms with Gasteiger partial charge in [-0.3, -0.25) is 0 Å². The Hall–Kier alpha value is -4.21. The van der Waals surface area contributed by atoms with Crippen molar-refractivity contribution in [2.24, 2.45) is 0 Å². The minimum absolute atomic E-state index is 0.0103. The third kappa shape index (κ3) is 4.71. The summed E-state index contributed by atoms with van der Waals surface area (Å²) in [6.07, 6.45) is 5.83. The van der Waals surface area contributed by atoms with Crippen molar-refractivity contribution in [3.8, 4) is 39.9 Å². The molecule has 1 aromatic heterocycles. The van der Waals surface area contributed by atoms with Gasteiger partial charge in [0.15, 0.2) is 11.5 Å². The summed E-state index contributed by atoms with van der Waals surface area (Å²) in [5.74, 6) is 1.77. The van der Waals surface area contributed by atoms with Crippen LogP contribution >= 0.6 is 0 Å². The zero-order valence-corrected chi connectivity index (χ0v) is 22.2. The highest BCUT2D eigenvalue weighted by Crippen LogP contribution is 2.53. The first kappa shape index (κ1) is 26.0. The standard InChI is InChI=1S/C31H32N2O7/c1-38-27-14-19(2-5-24(27)36)31-25(37)15-23-26(40-31)16-28(39-11-10-34)30-22-4-3-21(35)13-20(22)12-18(29(23)30)6-8-33-9-7-32-17-33/h2-5,7,9,13-14,16-18,25,31,34-37H,6,8,10-12,15H2,1H3. The Labute approximate surface area is 231 Å². The van der Waals surface area contributed by atoms with Gasteiger partial charge in [-0.15, -0.1) is 0 Å². The van der Waals surface area contributed by atoms with Gasteiger partial charge < -0.3 is 39.2 Å². The molecule has 0 saturated carbocycles. The van der Waals surface area contributed by atoms with Gasteiger partial charge in [-0.1, -0.05) is 12.1 Å². The van der Waals surface area contributed by atoms with Crippen LogP contribution in [0.5, 0.6) is 28.7 Å². The zero-order chi connectivity index (χ0) is 27.8. The van der Waals surface area contributed by atoms with E-state index in [2.05, 4.69) is 4.98 Å². The first-order valence-corrected chi connectivity index (χ1v) is 13.4. The molecule has 4 aromatic rings. The van der Waals surface area contributed by atoms with Crippen LogP contribution in [0.15, 0.2) is 61.2 Å². The van der Waals surface area contributed by atoms with Gasteiger partial charge in [0.2, 0.25) is 0 Å². The fourth-order valence-corrected chi connectivity index (χ4v) is 6.03. The maximum Gasteiger partial charge on any atom is 0.160 e. The average molecular weight is 545 g/mol. The van der Waals surface area contributed by atoms with Crippen molar-refractivity contribution >= 4 is 0 Å². The molecule has 3 aromatic carbocycles. The van der Waals surface area contributed by atoms with E-state index in [-0.39, 0.29) is 30.6 Å². The monoisotopic (exact) mass is 544 g/mol. The highest BCUT2D eigenvalue weighted by Gasteiger charge is 2.38. The molecule has 6 rings (SSSR count). The number of hydrogen-bond donors (Lipinski definition) is 4. The molecule has 4 N–H and O–H groups in total. The van der Waals surface area contributed by atoms with Gasteiger partial charge in [0, 0.05) is 42.6 Å². The van der Waals surface area contributed by atoms with Crippen LogP contribution in [-0.4, -0.2) is 56.4 Å². The van der Waals surface area contributed by atoms with Crippen molar-refractivity contribution in [3.63, 3.8) is 0 Å². The smallest absolute Gasteiger partial charge is 0.160 e. The molecule has 3 atom stereocenters. The lowest BCUT2D eigenvalue weighted by atomic mass is 9.73. The number of aromatic hydroxyl groups is 2. The van der Waals surface area contributed by atoms with E-state index in [0.29, 0.717) is 35.7 Å². The summed E-state index contributed by atoms with van der Waals surface area (Å²) >= 11 is 0.